The maximum Gasteiger partial charge on any atom is 0.123 e. The minimum Gasteiger partial charge on any atom is -0.496 e. The van der Waals surface area contributed by atoms with E-state index in [9.17, 15) is 0 Å². The van der Waals surface area contributed by atoms with Gasteiger partial charge in [0, 0.05) is 34.6 Å². The van der Waals surface area contributed by atoms with Crippen molar-refractivity contribution >= 4 is 22.9 Å². The molecule has 108 valence electrons. The zero-order chi connectivity index (χ0) is 14.4. The lowest BCUT2D eigenvalue weighted by Gasteiger charge is -2.20. The van der Waals surface area contributed by atoms with E-state index < -0.39 is 0 Å². The quantitative estimate of drug-likeness (QED) is 0.836. The highest BCUT2D eigenvalue weighted by molar-refractivity contribution is 7.09. The van der Waals surface area contributed by atoms with Gasteiger partial charge in [-0.2, -0.15) is 0 Å². The molecular weight excluding hydrogens is 292 g/mol. The minimum absolute atomic E-state index is 0.162. The summed E-state index contributed by atoms with van der Waals surface area (Å²) >= 11 is 7.81. The van der Waals surface area contributed by atoms with E-state index in [2.05, 4.69) is 17.2 Å². The van der Waals surface area contributed by atoms with E-state index in [1.165, 1.54) is 0 Å². The Bertz CT molecular complexity index is 531. The molecular formula is C15H19ClN2OS. The van der Waals surface area contributed by atoms with E-state index in [-0.39, 0.29) is 6.04 Å². The predicted molar refractivity (Wildman–Crippen MR) is 84.9 cm³/mol. The molecule has 2 aromatic rings. The number of thiazole rings is 1. The zero-order valence-corrected chi connectivity index (χ0v) is 13.3. The number of rotatable bonds is 7. The van der Waals surface area contributed by atoms with Gasteiger partial charge in [-0.15, -0.1) is 11.3 Å². The molecule has 1 heterocycles. The van der Waals surface area contributed by atoms with E-state index in [4.69, 9.17) is 16.3 Å². The van der Waals surface area contributed by atoms with E-state index in [0.717, 1.165) is 40.7 Å². The number of ether oxygens (including phenoxy) is 1. The summed E-state index contributed by atoms with van der Waals surface area (Å²) in [5.41, 5.74) is 1.09. The lowest BCUT2D eigenvalue weighted by Crippen LogP contribution is -2.24. The zero-order valence-electron chi connectivity index (χ0n) is 11.7. The van der Waals surface area contributed by atoms with Crippen molar-refractivity contribution in [3.8, 4) is 5.75 Å². The van der Waals surface area contributed by atoms with Crippen LogP contribution in [0.2, 0.25) is 5.02 Å². The minimum atomic E-state index is 0.162. The van der Waals surface area contributed by atoms with Gasteiger partial charge in [0.25, 0.3) is 0 Å². The molecule has 0 saturated heterocycles. The summed E-state index contributed by atoms with van der Waals surface area (Å²) < 4.78 is 5.46. The first-order valence-corrected chi connectivity index (χ1v) is 7.95. The van der Waals surface area contributed by atoms with Gasteiger partial charge in [-0.3, -0.25) is 0 Å². The Hall–Kier alpha value is -1.10. The van der Waals surface area contributed by atoms with Crippen molar-refractivity contribution in [2.75, 3.05) is 13.7 Å². The van der Waals surface area contributed by atoms with Crippen LogP contribution in [0.5, 0.6) is 5.75 Å². The topological polar surface area (TPSA) is 34.2 Å². The van der Waals surface area contributed by atoms with E-state index >= 15 is 0 Å². The summed E-state index contributed by atoms with van der Waals surface area (Å²) in [7, 11) is 1.69. The van der Waals surface area contributed by atoms with Crippen LogP contribution in [0.4, 0.5) is 0 Å². The van der Waals surface area contributed by atoms with Crippen LogP contribution in [0.15, 0.2) is 29.8 Å². The first-order chi connectivity index (χ1) is 9.74. The Morgan fingerprint density at radius 1 is 1.45 bits per heavy atom. The summed E-state index contributed by atoms with van der Waals surface area (Å²) in [4.78, 5) is 4.37. The Morgan fingerprint density at radius 3 is 2.95 bits per heavy atom. The second kappa shape index (κ2) is 7.62. The van der Waals surface area contributed by atoms with E-state index in [0.29, 0.717) is 0 Å². The molecule has 20 heavy (non-hydrogen) atoms. The number of nitrogens with one attached hydrogen (secondary N) is 1. The Kier molecular flexibility index (Phi) is 5.83. The molecule has 0 fully saturated rings. The van der Waals surface area contributed by atoms with Crippen molar-refractivity contribution in [1.82, 2.24) is 10.3 Å². The fourth-order valence-electron chi connectivity index (χ4n) is 2.12. The lowest BCUT2D eigenvalue weighted by atomic mass is 10.0. The summed E-state index contributed by atoms with van der Waals surface area (Å²) in [5, 5.41) is 7.39. The molecule has 0 aliphatic rings. The molecule has 1 aromatic carbocycles. The van der Waals surface area contributed by atoms with Crippen LogP contribution in [0.3, 0.4) is 0 Å². The fraction of sp³-hybridized carbons (Fsp3) is 0.400. The Morgan fingerprint density at radius 2 is 2.30 bits per heavy atom. The van der Waals surface area contributed by atoms with Crippen molar-refractivity contribution in [3.05, 3.63) is 45.4 Å². The molecule has 5 heteroatoms. The molecule has 0 aliphatic carbocycles. The SMILES string of the molecule is CCCNC(Cc1nccs1)c1cc(Cl)ccc1OC. The van der Waals surface area contributed by atoms with Gasteiger partial charge in [-0.1, -0.05) is 18.5 Å². The van der Waals surface area contributed by atoms with E-state index in [1.807, 2.05) is 29.8 Å². The molecule has 2 rings (SSSR count). The predicted octanol–water partition coefficient (Wildman–Crippen LogP) is 4.09. The van der Waals surface area contributed by atoms with Crippen molar-refractivity contribution in [2.45, 2.75) is 25.8 Å². The third-order valence-corrected chi connectivity index (χ3v) is 4.11. The molecule has 1 N–H and O–H groups in total. The Labute approximate surface area is 129 Å². The van der Waals surface area contributed by atoms with Gasteiger partial charge < -0.3 is 10.1 Å². The largest absolute Gasteiger partial charge is 0.496 e. The molecule has 0 aliphatic heterocycles. The standard InChI is InChI=1S/C15H19ClN2OS/c1-3-6-17-13(10-15-18-7-8-20-15)12-9-11(16)4-5-14(12)19-2/h4-5,7-9,13,17H,3,6,10H2,1-2H3. The molecule has 0 spiro atoms. The van der Waals surface area contributed by atoms with Gasteiger partial charge in [0.15, 0.2) is 0 Å². The highest BCUT2D eigenvalue weighted by atomic mass is 35.5. The highest BCUT2D eigenvalue weighted by Gasteiger charge is 2.17. The first-order valence-electron chi connectivity index (χ1n) is 6.69. The number of hydrogen-bond acceptors (Lipinski definition) is 4. The van der Waals surface area contributed by atoms with E-state index in [1.54, 1.807) is 18.4 Å². The number of benzene rings is 1. The number of nitrogens with zero attached hydrogens (tertiary/aromatic N) is 1. The van der Waals surface area contributed by atoms with Gasteiger partial charge in [-0.05, 0) is 31.2 Å². The summed E-state index contributed by atoms with van der Waals surface area (Å²) in [6.45, 7) is 3.11. The maximum absolute atomic E-state index is 6.14. The van der Waals surface area contributed by atoms with Crippen molar-refractivity contribution < 1.29 is 4.74 Å². The molecule has 1 aromatic heterocycles. The summed E-state index contributed by atoms with van der Waals surface area (Å²) in [6, 6.07) is 5.90. The van der Waals surface area contributed by atoms with Crippen LogP contribution >= 0.6 is 22.9 Å². The lowest BCUT2D eigenvalue weighted by molar-refractivity contribution is 0.398. The average Bonchev–Trinajstić information content (AvgIpc) is 2.96. The molecule has 3 nitrogen and oxygen atoms in total. The second-order valence-electron chi connectivity index (χ2n) is 4.52. The average molecular weight is 311 g/mol. The van der Waals surface area contributed by atoms with Crippen molar-refractivity contribution in [1.29, 1.82) is 0 Å². The number of halogens is 1. The van der Waals surface area contributed by atoms with Gasteiger partial charge in [0.1, 0.15) is 5.75 Å². The van der Waals surface area contributed by atoms with Crippen LogP contribution in [0, 0.1) is 0 Å². The smallest absolute Gasteiger partial charge is 0.123 e. The molecule has 0 radical (unpaired) electrons. The molecule has 0 bridgehead atoms. The molecule has 0 amide bonds. The highest BCUT2D eigenvalue weighted by Crippen LogP contribution is 2.30. The van der Waals surface area contributed by atoms with Crippen LogP contribution in [-0.2, 0) is 6.42 Å². The Balaban J connectivity index is 2.27. The van der Waals surface area contributed by atoms with Crippen LogP contribution < -0.4 is 10.1 Å². The third-order valence-electron chi connectivity index (χ3n) is 3.07. The molecule has 1 unspecified atom stereocenters. The maximum atomic E-state index is 6.14. The van der Waals surface area contributed by atoms with Crippen molar-refractivity contribution in [3.63, 3.8) is 0 Å². The number of hydrogen-bond donors (Lipinski definition) is 1. The van der Waals surface area contributed by atoms with Gasteiger partial charge >= 0.3 is 0 Å². The molecule has 0 saturated carbocycles. The fourth-order valence-corrected chi connectivity index (χ4v) is 2.96. The summed E-state index contributed by atoms with van der Waals surface area (Å²) in [5.74, 6) is 0.861. The van der Waals surface area contributed by atoms with Gasteiger partial charge in [0.05, 0.1) is 12.1 Å². The number of methoxy groups -OCH3 is 1. The normalized spacial score (nSPS) is 12.3. The van der Waals surface area contributed by atoms with Crippen LogP contribution in [0.25, 0.3) is 0 Å². The number of aromatic nitrogens is 1. The van der Waals surface area contributed by atoms with Gasteiger partial charge in [0.2, 0.25) is 0 Å². The monoisotopic (exact) mass is 310 g/mol. The second-order valence-corrected chi connectivity index (χ2v) is 5.94. The van der Waals surface area contributed by atoms with Crippen LogP contribution in [-0.4, -0.2) is 18.6 Å². The first kappa shape index (κ1) is 15.3. The molecule has 1 atom stereocenters. The van der Waals surface area contributed by atoms with Gasteiger partial charge in [-0.25, -0.2) is 4.98 Å². The van der Waals surface area contributed by atoms with Crippen molar-refractivity contribution in [2.24, 2.45) is 0 Å². The van der Waals surface area contributed by atoms with Crippen LogP contribution in [0.1, 0.15) is 30.0 Å². The summed E-state index contributed by atoms with van der Waals surface area (Å²) in [6.07, 6.45) is 3.76. The third kappa shape index (κ3) is 3.95.